The molecule has 3 aromatic rings. The average Bonchev–Trinajstić information content (AvgIpc) is 3.24. The first kappa shape index (κ1) is 22.5. The minimum Gasteiger partial charge on any atom is -0.340 e. The number of likely N-dealkylation sites (tertiary alicyclic amines) is 1. The summed E-state index contributed by atoms with van der Waals surface area (Å²) in [6.07, 6.45) is -3.02. The molecule has 2 heterocycles. The number of halogens is 3. The van der Waals surface area contributed by atoms with E-state index in [1.54, 1.807) is 24.8 Å². The normalized spacial score (nSPS) is 14.8. The minimum absolute atomic E-state index is 0.129. The maximum Gasteiger partial charge on any atom is 0.416 e. The van der Waals surface area contributed by atoms with E-state index in [9.17, 15) is 23.2 Å². The van der Waals surface area contributed by atoms with Crippen LogP contribution in [0.4, 0.5) is 13.2 Å². The number of aryl methyl sites for hydroxylation is 2. The molecule has 1 aliphatic rings. The number of carbonyl (C=O) groups excluding carboxylic acids is 1. The number of piperidine rings is 1. The van der Waals surface area contributed by atoms with Gasteiger partial charge in [-0.15, -0.1) is 0 Å². The van der Waals surface area contributed by atoms with Gasteiger partial charge in [-0.25, -0.2) is 0 Å². The van der Waals surface area contributed by atoms with E-state index in [1.807, 2.05) is 0 Å². The van der Waals surface area contributed by atoms with Gasteiger partial charge in [-0.3, -0.25) is 4.79 Å². The highest BCUT2D eigenvalue weighted by molar-refractivity contribution is 5.97. The highest BCUT2D eigenvalue weighted by atomic mass is 19.4. The third-order valence-corrected chi connectivity index (χ3v) is 5.93. The number of hydrogen-bond acceptors (Lipinski definition) is 5. The molecule has 0 bridgehead atoms. The summed E-state index contributed by atoms with van der Waals surface area (Å²) >= 11 is 0. The molecule has 0 saturated carbocycles. The molecule has 0 aliphatic carbocycles. The number of rotatable bonds is 3. The lowest BCUT2D eigenvalue weighted by atomic mass is 9.92. The van der Waals surface area contributed by atoms with E-state index in [0.29, 0.717) is 59.9 Å². The van der Waals surface area contributed by atoms with Crippen LogP contribution in [0.5, 0.6) is 0 Å². The zero-order valence-corrected chi connectivity index (χ0v) is 18.1. The third kappa shape index (κ3) is 4.60. The van der Waals surface area contributed by atoms with Gasteiger partial charge in [0.25, 0.3) is 5.91 Å². The lowest BCUT2D eigenvalue weighted by Crippen LogP contribution is -2.38. The van der Waals surface area contributed by atoms with Crippen LogP contribution in [0.3, 0.4) is 0 Å². The summed E-state index contributed by atoms with van der Waals surface area (Å²) in [6, 6.07) is 9.93. The Labute approximate surface area is 188 Å². The van der Waals surface area contributed by atoms with Crippen LogP contribution in [0.1, 0.15) is 57.5 Å². The molecule has 0 unspecified atom stereocenters. The Bertz CT molecular complexity index is 1220. The second-order valence-electron chi connectivity index (χ2n) is 8.14. The fourth-order valence-electron chi connectivity index (χ4n) is 4.10. The van der Waals surface area contributed by atoms with Crippen LogP contribution < -0.4 is 0 Å². The molecule has 1 fully saturated rings. The van der Waals surface area contributed by atoms with Crippen LogP contribution in [-0.4, -0.2) is 34.0 Å². The van der Waals surface area contributed by atoms with E-state index in [0.717, 1.165) is 12.1 Å². The lowest BCUT2D eigenvalue weighted by molar-refractivity contribution is -0.137. The van der Waals surface area contributed by atoms with Crippen molar-refractivity contribution < 1.29 is 22.5 Å². The maximum atomic E-state index is 13.2. The molecule has 0 spiro atoms. The van der Waals surface area contributed by atoms with Crippen molar-refractivity contribution in [2.45, 2.75) is 38.8 Å². The number of nitrogens with zero attached hydrogens (tertiary/aromatic N) is 4. The Hall–Kier alpha value is -3.67. The number of alkyl halides is 3. The minimum atomic E-state index is -4.43. The van der Waals surface area contributed by atoms with Crippen molar-refractivity contribution in [2.24, 2.45) is 0 Å². The largest absolute Gasteiger partial charge is 0.416 e. The first-order valence-electron chi connectivity index (χ1n) is 10.5. The fraction of sp³-hybridized carbons (Fsp3) is 0.333. The van der Waals surface area contributed by atoms with E-state index in [2.05, 4.69) is 16.2 Å². The van der Waals surface area contributed by atoms with E-state index in [-0.39, 0.29) is 17.4 Å². The Kier molecular flexibility index (Phi) is 5.93. The third-order valence-electron chi connectivity index (χ3n) is 5.93. The maximum absolute atomic E-state index is 13.2. The molecule has 9 heteroatoms. The zero-order valence-electron chi connectivity index (χ0n) is 18.1. The molecular weight excluding hydrogens is 433 g/mol. The average molecular weight is 454 g/mol. The molecule has 0 N–H and O–H groups in total. The standard InChI is InChI=1S/C24H21F3N4O2/c1-14-11-21(16-3-5-19(6-4-16)24(25,26)27)18(13-28)12-20(14)23(32)31-9-7-17(8-10-31)22-29-15(2)33-30-22/h3-6,11-12,17H,7-10H2,1-2H3. The Balaban J connectivity index is 1.54. The van der Waals surface area contributed by atoms with Crippen molar-refractivity contribution >= 4 is 5.91 Å². The number of aromatic nitrogens is 2. The molecule has 4 rings (SSSR count). The van der Waals surface area contributed by atoms with Crippen molar-refractivity contribution in [3.05, 3.63) is 70.4 Å². The van der Waals surface area contributed by atoms with E-state index < -0.39 is 11.7 Å². The smallest absolute Gasteiger partial charge is 0.340 e. The fourth-order valence-corrected chi connectivity index (χ4v) is 4.10. The first-order chi connectivity index (χ1) is 15.7. The SMILES string of the molecule is Cc1nc(C2CCN(C(=O)c3cc(C#N)c(-c4ccc(C(F)(F)F)cc4)cc3C)CC2)no1. The van der Waals surface area contributed by atoms with Crippen molar-refractivity contribution in [3.8, 4) is 17.2 Å². The summed E-state index contributed by atoms with van der Waals surface area (Å²) in [5.41, 5.74) is 1.53. The molecular formula is C24H21F3N4O2. The molecule has 6 nitrogen and oxygen atoms in total. The van der Waals surface area contributed by atoms with E-state index in [1.165, 1.54) is 18.2 Å². The molecule has 1 aliphatic heterocycles. The molecule has 0 radical (unpaired) electrons. The molecule has 2 aromatic carbocycles. The molecule has 0 atom stereocenters. The van der Waals surface area contributed by atoms with Gasteiger partial charge in [0.15, 0.2) is 5.82 Å². The van der Waals surface area contributed by atoms with Gasteiger partial charge in [0.2, 0.25) is 5.89 Å². The highest BCUT2D eigenvalue weighted by Gasteiger charge is 2.31. The van der Waals surface area contributed by atoms with Gasteiger partial charge >= 0.3 is 6.18 Å². The monoisotopic (exact) mass is 454 g/mol. The highest BCUT2D eigenvalue weighted by Crippen LogP contribution is 2.33. The van der Waals surface area contributed by atoms with Crippen LogP contribution in [0.15, 0.2) is 40.9 Å². The van der Waals surface area contributed by atoms with Gasteiger partial charge in [-0.05, 0) is 60.7 Å². The quantitative estimate of drug-likeness (QED) is 0.539. The Morgan fingerprint density at radius 2 is 1.82 bits per heavy atom. The van der Waals surface area contributed by atoms with Crippen molar-refractivity contribution in [1.82, 2.24) is 15.0 Å². The molecule has 1 aromatic heterocycles. The first-order valence-corrected chi connectivity index (χ1v) is 10.5. The summed E-state index contributed by atoms with van der Waals surface area (Å²) in [6.45, 7) is 4.55. The second kappa shape index (κ2) is 8.70. The zero-order chi connectivity index (χ0) is 23.8. The predicted octanol–water partition coefficient (Wildman–Crippen LogP) is 5.26. The topological polar surface area (TPSA) is 83.0 Å². The van der Waals surface area contributed by atoms with Gasteiger partial charge in [0.05, 0.1) is 17.2 Å². The van der Waals surface area contributed by atoms with Crippen LogP contribution >= 0.6 is 0 Å². The van der Waals surface area contributed by atoms with E-state index >= 15 is 0 Å². The molecule has 1 amide bonds. The van der Waals surface area contributed by atoms with E-state index in [4.69, 9.17) is 4.52 Å². The van der Waals surface area contributed by atoms with Crippen molar-refractivity contribution in [2.75, 3.05) is 13.1 Å². The summed E-state index contributed by atoms with van der Waals surface area (Å²) in [4.78, 5) is 19.2. The molecule has 170 valence electrons. The van der Waals surface area contributed by atoms with Gasteiger partial charge in [0.1, 0.15) is 0 Å². The van der Waals surface area contributed by atoms with Gasteiger partial charge in [-0.1, -0.05) is 17.3 Å². The van der Waals surface area contributed by atoms with Crippen LogP contribution in [-0.2, 0) is 6.18 Å². The lowest BCUT2D eigenvalue weighted by Gasteiger charge is -2.31. The van der Waals surface area contributed by atoms with Crippen LogP contribution in [0.25, 0.3) is 11.1 Å². The number of nitriles is 1. The van der Waals surface area contributed by atoms with Gasteiger partial charge in [-0.2, -0.15) is 23.4 Å². The second-order valence-corrected chi connectivity index (χ2v) is 8.14. The summed E-state index contributed by atoms with van der Waals surface area (Å²) in [7, 11) is 0. The number of carbonyl (C=O) groups is 1. The molecule has 1 saturated heterocycles. The number of benzene rings is 2. The number of amides is 1. The van der Waals surface area contributed by atoms with Crippen LogP contribution in [0, 0.1) is 25.2 Å². The summed E-state index contributed by atoms with van der Waals surface area (Å²) < 4.78 is 43.6. The molecule has 33 heavy (non-hydrogen) atoms. The van der Waals surface area contributed by atoms with Gasteiger partial charge < -0.3 is 9.42 Å². The van der Waals surface area contributed by atoms with Crippen LogP contribution in [0.2, 0.25) is 0 Å². The predicted molar refractivity (Wildman–Crippen MR) is 113 cm³/mol. The number of hydrogen-bond donors (Lipinski definition) is 0. The Morgan fingerprint density at radius 1 is 1.15 bits per heavy atom. The van der Waals surface area contributed by atoms with Crippen molar-refractivity contribution in [1.29, 1.82) is 5.26 Å². The van der Waals surface area contributed by atoms with Crippen molar-refractivity contribution in [3.63, 3.8) is 0 Å². The summed E-state index contributed by atoms with van der Waals surface area (Å²) in [5, 5.41) is 13.6. The summed E-state index contributed by atoms with van der Waals surface area (Å²) in [5.74, 6) is 1.12. The van der Waals surface area contributed by atoms with Gasteiger partial charge in [0, 0.05) is 31.5 Å². The Morgan fingerprint density at radius 3 is 2.36 bits per heavy atom.